The van der Waals surface area contributed by atoms with Crippen LogP contribution in [-0.4, -0.2) is 40.2 Å². The van der Waals surface area contributed by atoms with Gasteiger partial charge in [-0.1, -0.05) is 25.9 Å². The van der Waals surface area contributed by atoms with Crippen LogP contribution in [0, 0.1) is 0 Å². The van der Waals surface area contributed by atoms with Gasteiger partial charge in [0.2, 0.25) is 5.89 Å². The lowest BCUT2D eigenvalue weighted by molar-refractivity contribution is 0.113. The van der Waals surface area contributed by atoms with Crippen LogP contribution in [0.2, 0.25) is 0 Å². The van der Waals surface area contributed by atoms with E-state index in [0.29, 0.717) is 12.1 Å². The predicted molar refractivity (Wildman–Crippen MR) is 70.2 cm³/mol. The monoisotopic (exact) mass is 252 g/mol. The molecule has 0 bridgehead atoms. The van der Waals surface area contributed by atoms with E-state index in [-0.39, 0.29) is 0 Å². The van der Waals surface area contributed by atoms with E-state index in [1.807, 2.05) is 6.92 Å². The molecule has 5 nitrogen and oxygen atoms in total. The van der Waals surface area contributed by atoms with Crippen molar-refractivity contribution in [3.05, 3.63) is 11.7 Å². The maximum absolute atomic E-state index is 5.17. The zero-order valence-electron chi connectivity index (χ0n) is 11.6. The molecule has 18 heavy (non-hydrogen) atoms. The number of nitrogens with zero attached hydrogens (tertiary/aromatic N) is 3. The third kappa shape index (κ3) is 3.09. The minimum atomic E-state index is 0.580. The molecule has 2 unspecified atom stereocenters. The summed E-state index contributed by atoms with van der Waals surface area (Å²) >= 11 is 0. The number of aromatic nitrogens is 2. The minimum Gasteiger partial charge on any atom is -0.339 e. The summed E-state index contributed by atoms with van der Waals surface area (Å²) in [5, 5.41) is 7.65. The summed E-state index contributed by atoms with van der Waals surface area (Å²) in [6.07, 6.45) is 3.13. The van der Waals surface area contributed by atoms with Crippen LogP contribution in [0.25, 0.3) is 0 Å². The highest BCUT2D eigenvalue weighted by Crippen LogP contribution is 2.14. The standard InChI is InChI=1S/C13H24N4O/c1-4-10-8-17(11(5-2)7-14-10)9-12-15-13(6-3)18-16-12/h10-11,14H,4-9H2,1-3H3. The van der Waals surface area contributed by atoms with E-state index >= 15 is 0 Å². The van der Waals surface area contributed by atoms with Gasteiger partial charge >= 0.3 is 0 Å². The van der Waals surface area contributed by atoms with E-state index in [4.69, 9.17) is 4.52 Å². The van der Waals surface area contributed by atoms with E-state index in [1.54, 1.807) is 0 Å². The largest absolute Gasteiger partial charge is 0.339 e. The maximum Gasteiger partial charge on any atom is 0.226 e. The lowest BCUT2D eigenvalue weighted by atomic mass is 10.1. The fourth-order valence-corrected chi connectivity index (χ4v) is 2.48. The van der Waals surface area contributed by atoms with Gasteiger partial charge in [0.1, 0.15) is 0 Å². The third-order valence-electron chi connectivity index (χ3n) is 3.73. The molecule has 102 valence electrons. The molecule has 1 saturated heterocycles. The summed E-state index contributed by atoms with van der Waals surface area (Å²) in [7, 11) is 0. The lowest BCUT2D eigenvalue weighted by Gasteiger charge is -2.39. The van der Waals surface area contributed by atoms with Crippen molar-refractivity contribution in [3.8, 4) is 0 Å². The van der Waals surface area contributed by atoms with Gasteiger partial charge in [-0.25, -0.2) is 0 Å². The number of piperazine rings is 1. The van der Waals surface area contributed by atoms with Gasteiger partial charge in [-0.05, 0) is 12.8 Å². The minimum absolute atomic E-state index is 0.580. The Morgan fingerprint density at radius 3 is 2.78 bits per heavy atom. The van der Waals surface area contributed by atoms with Crippen molar-refractivity contribution in [2.45, 2.75) is 58.7 Å². The second-order valence-corrected chi connectivity index (χ2v) is 4.96. The molecule has 1 fully saturated rings. The number of aryl methyl sites for hydroxylation is 1. The van der Waals surface area contributed by atoms with Gasteiger partial charge in [0.25, 0.3) is 0 Å². The fraction of sp³-hybridized carbons (Fsp3) is 0.846. The van der Waals surface area contributed by atoms with Gasteiger partial charge < -0.3 is 9.84 Å². The average Bonchev–Trinajstić information content (AvgIpc) is 2.86. The van der Waals surface area contributed by atoms with Gasteiger partial charge in [-0.3, -0.25) is 4.90 Å². The molecule has 1 aliphatic heterocycles. The van der Waals surface area contributed by atoms with Gasteiger partial charge in [0.05, 0.1) is 6.54 Å². The van der Waals surface area contributed by atoms with Crippen LogP contribution in [0.4, 0.5) is 0 Å². The van der Waals surface area contributed by atoms with Crippen molar-refractivity contribution in [1.82, 2.24) is 20.4 Å². The summed E-state index contributed by atoms with van der Waals surface area (Å²) < 4.78 is 5.17. The highest BCUT2D eigenvalue weighted by atomic mass is 16.5. The molecular formula is C13H24N4O. The summed E-state index contributed by atoms with van der Waals surface area (Å²) in [5.74, 6) is 1.56. The Hall–Kier alpha value is -0.940. The average molecular weight is 252 g/mol. The normalized spacial score (nSPS) is 25.5. The molecule has 1 aromatic heterocycles. The number of nitrogens with one attached hydrogen (secondary N) is 1. The molecule has 0 spiro atoms. The quantitative estimate of drug-likeness (QED) is 0.862. The molecular weight excluding hydrogens is 228 g/mol. The molecule has 2 heterocycles. The first kappa shape index (κ1) is 13.5. The Kier molecular flexibility index (Phi) is 4.72. The van der Waals surface area contributed by atoms with Crippen LogP contribution < -0.4 is 5.32 Å². The Morgan fingerprint density at radius 2 is 2.17 bits per heavy atom. The first-order valence-electron chi connectivity index (χ1n) is 7.05. The molecule has 2 atom stereocenters. The van der Waals surface area contributed by atoms with E-state index in [0.717, 1.165) is 44.2 Å². The lowest BCUT2D eigenvalue weighted by Crippen LogP contribution is -2.55. The Labute approximate surface area is 109 Å². The molecule has 0 aliphatic carbocycles. The Morgan fingerprint density at radius 1 is 1.33 bits per heavy atom. The molecule has 2 rings (SSSR count). The van der Waals surface area contributed by atoms with E-state index in [9.17, 15) is 0 Å². The van der Waals surface area contributed by atoms with Crippen molar-refractivity contribution < 1.29 is 4.52 Å². The van der Waals surface area contributed by atoms with Crippen LogP contribution in [-0.2, 0) is 13.0 Å². The molecule has 1 aromatic rings. The zero-order chi connectivity index (χ0) is 13.0. The number of hydrogen-bond acceptors (Lipinski definition) is 5. The first-order chi connectivity index (χ1) is 8.76. The highest BCUT2D eigenvalue weighted by Gasteiger charge is 2.26. The number of hydrogen-bond donors (Lipinski definition) is 1. The third-order valence-corrected chi connectivity index (χ3v) is 3.73. The smallest absolute Gasteiger partial charge is 0.226 e. The van der Waals surface area contributed by atoms with Crippen LogP contribution in [0.5, 0.6) is 0 Å². The van der Waals surface area contributed by atoms with Crippen molar-refractivity contribution >= 4 is 0 Å². The highest BCUT2D eigenvalue weighted by molar-refractivity contribution is 4.91. The van der Waals surface area contributed by atoms with Crippen LogP contribution >= 0.6 is 0 Å². The van der Waals surface area contributed by atoms with E-state index in [1.165, 1.54) is 6.42 Å². The van der Waals surface area contributed by atoms with Crippen molar-refractivity contribution in [1.29, 1.82) is 0 Å². The van der Waals surface area contributed by atoms with E-state index < -0.39 is 0 Å². The SMILES string of the molecule is CCc1nc(CN2CC(CC)NCC2CC)no1. The van der Waals surface area contributed by atoms with Gasteiger partial charge in [-0.15, -0.1) is 0 Å². The van der Waals surface area contributed by atoms with Crippen LogP contribution in [0.15, 0.2) is 4.52 Å². The molecule has 0 aromatic carbocycles. The molecule has 5 heteroatoms. The summed E-state index contributed by atoms with van der Waals surface area (Å²) in [6, 6.07) is 1.17. The molecule has 0 amide bonds. The zero-order valence-corrected chi connectivity index (χ0v) is 11.6. The summed E-state index contributed by atoms with van der Waals surface area (Å²) in [4.78, 5) is 6.88. The van der Waals surface area contributed by atoms with Gasteiger partial charge in [0.15, 0.2) is 5.82 Å². The Balaban J connectivity index is 1.99. The van der Waals surface area contributed by atoms with Crippen molar-refractivity contribution in [2.24, 2.45) is 0 Å². The Bertz CT molecular complexity index is 366. The van der Waals surface area contributed by atoms with Gasteiger partial charge in [-0.2, -0.15) is 4.98 Å². The molecule has 1 aliphatic rings. The van der Waals surface area contributed by atoms with Crippen LogP contribution in [0.3, 0.4) is 0 Å². The summed E-state index contributed by atoms with van der Waals surface area (Å²) in [5.41, 5.74) is 0. The maximum atomic E-state index is 5.17. The fourth-order valence-electron chi connectivity index (χ4n) is 2.48. The summed E-state index contributed by atoms with van der Waals surface area (Å²) in [6.45, 7) is 9.44. The molecule has 1 N–H and O–H groups in total. The number of rotatable bonds is 5. The second-order valence-electron chi connectivity index (χ2n) is 4.96. The first-order valence-corrected chi connectivity index (χ1v) is 7.05. The van der Waals surface area contributed by atoms with Crippen molar-refractivity contribution in [3.63, 3.8) is 0 Å². The van der Waals surface area contributed by atoms with Gasteiger partial charge in [0, 0.05) is 31.6 Å². The van der Waals surface area contributed by atoms with E-state index in [2.05, 4.69) is 34.2 Å². The predicted octanol–water partition coefficient (Wildman–Crippen LogP) is 1.59. The topological polar surface area (TPSA) is 54.2 Å². The van der Waals surface area contributed by atoms with Crippen LogP contribution in [0.1, 0.15) is 45.3 Å². The molecule has 0 radical (unpaired) electrons. The van der Waals surface area contributed by atoms with Crippen molar-refractivity contribution in [2.75, 3.05) is 13.1 Å². The second kappa shape index (κ2) is 6.29. The molecule has 0 saturated carbocycles.